The summed E-state index contributed by atoms with van der Waals surface area (Å²) in [4.78, 5) is 14.6. The number of nitrogens with one attached hydrogen (secondary N) is 2. The molecule has 1 amide bonds. The van der Waals surface area contributed by atoms with Crippen LogP contribution in [0.3, 0.4) is 0 Å². The molecule has 4 nitrogen and oxygen atoms in total. The minimum absolute atomic E-state index is 0.394. The number of amides is 1. The quantitative estimate of drug-likeness (QED) is 0.711. The van der Waals surface area contributed by atoms with Crippen LogP contribution in [-0.4, -0.2) is 25.0 Å². The van der Waals surface area contributed by atoms with Crippen LogP contribution in [0, 0.1) is 17.5 Å². The Morgan fingerprint density at radius 2 is 1.57 bits per heavy atom. The summed E-state index contributed by atoms with van der Waals surface area (Å²) in [5.41, 5.74) is 1.49. The predicted molar refractivity (Wildman–Crippen MR) is 105 cm³/mol. The zero-order chi connectivity index (χ0) is 20.1. The van der Waals surface area contributed by atoms with E-state index in [0.717, 1.165) is 36.6 Å². The van der Waals surface area contributed by atoms with Crippen molar-refractivity contribution in [3.63, 3.8) is 0 Å². The molecule has 0 aromatic heterocycles. The Morgan fingerprint density at radius 3 is 2.21 bits per heavy atom. The van der Waals surface area contributed by atoms with Crippen molar-refractivity contribution in [1.82, 2.24) is 0 Å². The molecule has 3 rings (SSSR count). The molecule has 0 unspecified atom stereocenters. The smallest absolute Gasteiger partial charge is 0.246 e. The largest absolute Gasteiger partial charge is 0.374 e. The minimum atomic E-state index is -1.61. The fraction of sp³-hybridized carbons (Fsp3) is 0.381. The van der Waals surface area contributed by atoms with Crippen molar-refractivity contribution in [2.75, 3.05) is 28.6 Å². The van der Waals surface area contributed by atoms with Gasteiger partial charge < -0.3 is 15.5 Å². The number of hydrogen-bond donors (Lipinski definition) is 2. The van der Waals surface area contributed by atoms with Gasteiger partial charge in [0, 0.05) is 24.5 Å². The molecule has 2 aromatic rings. The average Bonchev–Trinajstić information content (AvgIpc) is 2.98. The van der Waals surface area contributed by atoms with Crippen LogP contribution in [0.2, 0.25) is 0 Å². The van der Waals surface area contributed by atoms with Crippen LogP contribution in [0.1, 0.15) is 32.6 Å². The Hall–Kier alpha value is -2.70. The maximum Gasteiger partial charge on any atom is 0.246 e. The minimum Gasteiger partial charge on any atom is -0.374 e. The molecule has 2 N–H and O–H groups in total. The topological polar surface area (TPSA) is 44.4 Å². The standard InChI is InChI=1S/C21H24F3N3O/c1-14(21(28)26-18-11-10-17(22)19(23)20(18)24)25-15-6-8-16(9-7-15)27-12-4-2-3-5-13-27/h6-11,14,25H,2-5,12-13H2,1H3,(H,26,28)/t14-/m1/s1. The van der Waals surface area contributed by atoms with Crippen molar-refractivity contribution >= 4 is 23.0 Å². The maximum atomic E-state index is 13.7. The highest BCUT2D eigenvalue weighted by atomic mass is 19.2. The summed E-state index contributed by atoms with van der Waals surface area (Å²) < 4.78 is 40.0. The summed E-state index contributed by atoms with van der Waals surface area (Å²) in [6.07, 6.45) is 4.91. The monoisotopic (exact) mass is 391 g/mol. The summed E-state index contributed by atoms with van der Waals surface area (Å²) in [5.74, 6) is -4.88. The van der Waals surface area contributed by atoms with Crippen molar-refractivity contribution in [3.05, 3.63) is 53.8 Å². The van der Waals surface area contributed by atoms with Crippen LogP contribution in [0.5, 0.6) is 0 Å². The first-order valence-corrected chi connectivity index (χ1v) is 9.51. The molecule has 1 aliphatic heterocycles. The van der Waals surface area contributed by atoms with E-state index >= 15 is 0 Å². The van der Waals surface area contributed by atoms with Gasteiger partial charge in [0.2, 0.25) is 5.91 Å². The lowest BCUT2D eigenvalue weighted by Crippen LogP contribution is -2.32. The normalized spacial score (nSPS) is 15.6. The predicted octanol–water partition coefficient (Wildman–Crippen LogP) is 4.92. The summed E-state index contributed by atoms with van der Waals surface area (Å²) in [7, 11) is 0. The molecule has 28 heavy (non-hydrogen) atoms. The summed E-state index contributed by atoms with van der Waals surface area (Å²) in [5, 5.41) is 5.31. The molecule has 0 radical (unpaired) electrons. The first-order valence-electron chi connectivity index (χ1n) is 9.51. The lowest BCUT2D eigenvalue weighted by atomic mass is 10.2. The lowest BCUT2D eigenvalue weighted by molar-refractivity contribution is -0.116. The number of hydrogen-bond acceptors (Lipinski definition) is 3. The van der Waals surface area contributed by atoms with E-state index in [1.54, 1.807) is 6.92 Å². The molecule has 7 heteroatoms. The molecule has 1 saturated heterocycles. The van der Waals surface area contributed by atoms with Crippen LogP contribution >= 0.6 is 0 Å². The van der Waals surface area contributed by atoms with Gasteiger partial charge in [0.05, 0.1) is 5.69 Å². The highest BCUT2D eigenvalue weighted by molar-refractivity contribution is 5.96. The second kappa shape index (κ2) is 8.99. The van der Waals surface area contributed by atoms with E-state index in [9.17, 15) is 18.0 Å². The van der Waals surface area contributed by atoms with E-state index < -0.39 is 35.1 Å². The van der Waals surface area contributed by atoms with E-state index in [4.69, 9.17) is 0 Å². The molecule has 1 fully saturated rings. The highest BCUT2D eigenvalue weighted by Crippen LogP contribution is 2.23. The van der Waals surface area contributed by atoms with E-state index in [0.29, 0.717) is 0 Å². The summed E-state index contributed by atoms with van der Waals surface area (Å²) in [6.45, 7) is 3.70. The van der Waals surface area contributed by atoms with Gasteiger partial charge in [0.15, 0.2) is 17.5 Å². The summed E-state index contributed by atoms with van der Waals surface area (Å²) >= 11 is 0. The molecule has 0 bridgehead atoms. The third-order valence-electron chi connectivity index (χ3n) is 4.91. The van der Waals surface area contributed by atoms with Crippen LogP contribution in [0.25, 0.3) is 0 Å². The van der Waals surface area contributed by atoms with E-state index in [2.05, 4.69) is 15.5 Å². The lowest BCUT2D eigenvalue weighted by Gasteiger charge is -2.23. The first-order chi connectivity index (χ1) is 13.5. The van der Waals surface area contributed by atoms with Crippen molar-refractivity contribution in [2.24, 2.45) is 0 Å². The number of carbonyl (C=O) groups is 1. The van der Waals surface area contributed by atoms with Gasteiger partial charge in [0.1, 0.15) is 6.04 Å². The van der Waals surface area contributed by atoms with Gasteiger partial charge in [-0.1, -0.05) is 12.8 Å². The van der Waals surface area contributed by atoms with Gasteiger partial charge in [-0.3, -0.25) is 4.79 Å². The average molecular weight is 391 g/mol. The van der Waals surface area contributed by atoms with Gasteiger partial charge in [-0.15, -0.1) is 0 Å². The van der Waals surface area contributed by atoms with Crippen LogP contribution in [0.4, 0.5) is 30.2 Å². The zero-order valence-corrected chi connectivity index (χ0v) is 15.8. The van der Waals surface area contributed by atoms with Crippen molar-refractivity contribution in [3.8, 4) is 0 Å². The highest BCUT2D eigenvalue weighted by Gasteiger charge is 2.18. The molecule has 1 aliphatic rings. The maximum absolute atomic E-state index is 13.7. The van der Waals surface area contributed by atoms with E-state index in [1.165, 1.54) is 25.7 Å². The number of carbonyl (C=O) groups excluding carboxylic acids is 1. The van der Waals surface area contributed by atoms with Crippen molar-refractivity contribution in [1.29, 1.82) is 0 Å². The second-order valence-corrected chi connectivity index (χ2v) is 7.03. The number of anilines is 3. The Balaban J connectivity index is 1.60. The molecule has 0 aliphatic carbocycles. The molecule has 1 heterocycles. The van der Waals surface area contributed by atoms with Crippen LogP contribution in [0.15, 0.2) is 36.4 Å². The van der Waals surface area contributed by atoms with Gasteiger partial charge in [-0.05, 0) is 56.2 Å². The molecule has 0 spiro atoms. The molecule has 150 valence electrons. The van der Waals surface area contributed by atoms with Crippen molar-refractivity contribution < 1.29 is 18.0 Å². The number of benzene rings is 2. The van der Waals surface area contributed by atoms with Gasteiger partial charge in [-0.2, -0.15) is 0 Å². The third-order valence-corrected chi connectivity index (χ3v) is 4.91. The SMILES string of the molecule is C[C@@H](Nc1ccc(N2CCCCCC2)cc1)C(=O)Nc1ccc(F)c(F)c1F. The fourth-order valence-corrected chi connectivity index (χ4v) is 3.28. The van der Waals surface area contributed by atoms with Gasteiger partial charge in [0.25, 0.3) is 0 Å². The van der Waals surface area contributed by atoms with E-state index in [-0.39, 0.29) is 0 Å². The van der Waals surface area contributed by atoms with E-state index in [1.807, 2.05) is 24.3 Å². The second-order valence-electron chi connectivity index (χ2n) is 7.03. The molecule has 0 saturated carbocycles. The number of halogens is 3. The molecule has 2 aromatic carbocycles. The summed E-state index contributed by atoms with van der Waals surface area (Å²) in [6, 6.07) is 8.86. The first kappa shape index (κ1) is 20.0. The number of rotatable bonds is 5. The fourth-order valence-electron chi connectivity index (χ4n) is 3.28. The van der Waals surface area contributed by atoms with Crippen LogP contribution in [-0.2, 0) is 4.79 Å². The van der Waals surface area contributed by atoms with Crippen LogP contribution < -0.4 is 15.5 Å². The molecular formula is C21H24F3N3O. The third kappa shape index (κ3) is 4.77. The van der Waals surface area contributed by atoms with Gasteiger partial charge in [-0.25, -0.2) is 13.2 Å². The Labute approximate surface area is 162 Å². The Kier molecular flexibility index (Phi) is 6.44. The zero-order valence-electron chi connectivity index (χ0n) is 15.8. The number of nitrogens with zero attached hydrogens (tertiary/aromatic N) is 1. The Morgan fingerprint density at radius 1 is 0.929 bits per heavy atom. The molecular weight excluding hydrogens is 367 g/mol. The van der Waals surface area contributed by atoms with Crippen molar-refractivity contribution in [2.45, 2.75) is 38.6 Å². The Bertz CT molecular complexity index is 818. The van der Waals surface area contributed by atoms with Gasteiger partial charge >= 0.3 is 0 Å². The molecule has 1 atom stereocenters.